The van der Waals surface area contributed by atoms with Gasteiger partial charge in [0.2, 0.25) is 0 Å². The normalized spacial score (nSPS) is 11.7. The van der Waals surface area contributed by atoms with Crippen LogP contribution < -0.4 is 10.4 Å². The molecule has 0 aromatic heterocycles. The molecule has 0 aliphatic rings. The zero-order chi connectivity index (χ0) is 17.3. The molecule has 1 nitrogen and oxygen atoms in total. The smallest absolute Gasteiger partial charge is 0.257 e. The van der Waals surface area contributed by atoms with Crippen LogP contribution in [0.2, 0.25) is 6.04 Å². The van der Waals surface area contributed by atoms with Crippen molar-refractivity contribution in [2.75, 3.05) is 0 Å². The summed E-state index contributed by atoms with van der Waals surface area (Å²) in [6.07, 6.45) is 1.86. The van der Waals surface area contributed by atoms with Gasteiger partial charge >= 0.3 is 0 Å². The second kappa shape index (κ2) is 6.32. The second-order valence-electron chi connectivity index (χ2n) is 6.41. The first-order chi connectivity index (χ1) is 12.2. The molecule has 0 amide bonds. The fraction of sp³-hybridized carbons (Fsp3) is 0.0435. The number of hydrogen-bond donors (Lipinski definition) is 1. The maximum atomic E-state index is 12.0. The Kier molecular flexibility index (Phi) is 4.00. The number of rotatable bonds is 4. The molecule has 2 heteroatoms. The van der Waals surface area contributed by atoms with Crippen molar-refractivity contribution >= 4 is 40.2 Å². The van der Waals surface area contributed by atoms with E-state index in [0.29, 0.717) is 6.04 Å². The van der Waals surface area contributed by atoms with Crippen LogP contribution in [-0.4, -0.2) is 13.1 Å². The first kappa shape index (κ1) is 15.8. The van der Waals surface area contributed by atoms with Gasteiger partial charge in [-0.3, -0.25) is 0 Å². The first-order valence-electron chi connectivity index (χ1n) is 8.54. The number of allylic oxidation sites excluding steroid dienone is 1. The molecule has 0 spiro atoms. The Balaban J connectivity index is 2.06. The lowest BCUT2D eigenvalue weighted by molar-refractivity contribution is 0.571. The number of benzene rings is 4. The summed E-state index contributed by atoms with van der Waals surface area (Å²) in [7, 11) is -2.95. The minimum absolute atomic E-state index is 0.592. The van der Waals surface area contributed by atoms with Gasteiger partial charge in [0.25, 0.3) is 8.32 Å². The molecule has 0 aliphatic heterocycles. The van der Waals surface area contributed by atoms with Crippen LogP contribution in [0.4, 0.5) is 0 Å². The van der Waals surface area contributed by atoms with Crippen LogP contribution in [0.3, 0.4) is 0 Å². The third-order valence-corrected chi connectivity index (χ3v) is 8.44. The Morgan fingerprint density at radius 2 is 1.12 bits per heavy atom. The van der Waals surface area contributed by atoms with Gasteiger partial charge in [-0.15, -0.1) is 6.58 Å². The topological polar surface area (TPSA) is 20.2 Å². The van der Waals surface area contributed by atoms with E-state index in [1.165, 1.54) is 0 Å². The van der Waals surface area contributed by atoms with E-state index in [4.69, 9.17) is 0 Å². The molecule has 0 saturated carbocycles. The van der Waals surface area contributed by atoms with Crippen molar-refractivity contribution in [3.05, 3.63) is 97.6 Å². The molecular weight excluding hydrogens is 320 g/mol. The molecule has 4 aromatic carbocycles. The van der Waals surface area contributed by atoms with Crippen LogP contribution in [-0.2, 0) is 0 Å². The third-order valence-electron chi connectivity index (χ3n) is 4.91. The lowest BCUT2D eigenvalue weighted by atomic mass is 10.1. The summed E-state index contributed by atoms with van der Waals surface area (Å²) in [6.45, 7) is 3.93. The van der Waals surface area contributed by atoms with E-state index in [0.717, 1.165) is 31.9 Å². The minimum atomic E-state index is -2.95. The lowest BCUT2D eigenvalue weighted by Crippen LogP contribution is -2.58. The molecule has 4 rings (SSSR count). The maximum Gasteiger partial charge on any atom is 0.257 e. The standard InChI is InChI=1S/C23H20OSi/c1-2-17-25(24,22-15-7-11-18-9-3-5-13-20(18)22)23-16-8-12-19-10-4-6-14-21(19)23/h2-16,24H,1,17H2. The Hall–Kier alpha value is -2.68. The Bertz CT molecular complexity index is 978. The van der Waals surface area contributed by atoms with E-state index in [9.17, 15) is 4.80 Å². The van der Waals surface area contributed by atoms with Gasteiger partial charge in [0.15, 0.2) is 0 Å². The summed E-state index contributed by atoms with van der Waals surface area (Å²) in [4.78, 5) is 12.0. The molecule has 0 bridgehead atoms. The number of fused-ring (bicyclic) bond motifs is 2. The summed E-state index contributed by atoms with van der Waals surface area (Å²) in [5.41, 5.74) is 0. The van der Waals surface area contributed by atoms with Crippen molar-refractivity contribution < 1.29 is 4.80 Å². The van der Waals surface area contributed by atoms with Crippen molar-refractivity contribution in [2.24, 2.45) is 0 Å². The SMILES string of the molecule is C=CC[Si](O)(c1cccc2ccccc12)c1cccc2ccccc12. The highest BCUT2D eigenvalue weighted by atomic mass is 28.4. The fourth-order valence-electron chi connectivity index (χ4n) is 3.75. The van der Waals surface area contributed by atoms with Crippen LogP contribution >= 0.6 is 0 Å². The highest BCUT2D eigenvalue weighted by molar-refractivity contribution is 6.99. The molecule has 0 radical (unpaired) electrons. The van der Waals surface area contributed by atoms with Gasteiger partial charge < -0.3 is 4.80 Å². The van der Waals surface area contributed by atoms with Crippen molar-refractivity contribution in [3.63, 3.8) is 0 Å². The Morgan fingerprint density at radius 1 is 0.680 bits per heavy atom. The summed E-state index contributed by atoms with van der Waals surface area (Å²) in [5.74, 6) is 0. The molecule has 0 heterocycles. The van der Waals surface area contributed by atoms with E-state index in [1.54, 1.807) is 0 Å². The molecule has 0 atom stereocenters. The summed E-state index contributed by atoms with van der Waals surface area (Å²) in [5, 5.41) is 6.71. The Labute approximate surface area is 149 Å². The van der Waals surface area contributed by atoms with Crippen LogP contribution in [0.5, 0.6) is 0 Å². The molecule has 4 aromatic rings. The average molecular weight is 340 g/mol. The van der Waals surface area contributed by atoms with E-state index < -0.39 is 8.32 Å². The second-order valence-corrected chi connectivity index (χ2v) is 9.61. The van der Waals surface area contributed by atoms with Crippen LogP contribution in [0, 0.1) is 0 Å². The molecule has 0 fully saturated rings. The van der Waals surface area contributed by atoms with Crippen LogP contribution in [0.1, 0.15) is 0 Å². The quantitative estimate of drug-likeness (QED) is 0.435. The summed E-state index contributed by atoms with van der Waals surface area (Å²) >= 11 is 0. The third kappa shape index (κ3) is 2.60. The van der Waals surface area contributed by atoms with Gasteiger partial charge in [-0.25, -0.2) is 0 Å². The van der Waals surface area contributed by atoms with Crippen LogP contribution in [0.25, 0.3) is 21.5 Å². The maximum absolute atomic E-state index is 12.0. The van der Waals surface area contributed by atoms with Gasteiger partial charge in [-0.05, 0) is 38.0 Å². The molecule has 0 unspecified atom stereocenters. The van der Waals surface area contributed by atoms with Crippen molar-refractivity contribution in [1.82, 2.24) is 0 Å². The molecule has 1 N–H and O–H groups in total. The minimum Gasteiger partial charge on any atom is -0.424 e. The summed E-state index contributed by atoms with van der Waals surface area (Å²) in [6, 6.07) is 29.6. The molecule has 25 heavy (non-hydrogen) atoms. The van der Waals surface area contributed by atoms with Gasteiger partial charge in [-0.1, -0.05) is 91.0 Å². The lowest BCUT2D eigenvalue weighted by Gasteiger charge is -2.28. The van der Waals surface area contributed by atoms with Crippen LogP contribution in [0.15, 0.2) is 97.6 Å². The predicted octanol–water partition coefficient (Wildman–Crippen LogP) is 4.23. The molecule has 122 valence electrons. The largest absolute Gasteiger partial charge is 0.424 e. The predicted molar refractivity (Wildman–Crippen MR) is 110 cm³/mol. The summed E-state index contributed by atoms with van der Waals surface area (Å²) < 4.78 is 0. The van der Waals surface area contributed by atoms with Crippen molar-refractivity contribution in [1.29, 1.82) is 0 Å². The number of hydrogen-bond acceptors (Lipinski definition) is 1. The van der Waals surface area contributed by atoms with Gasteiger partial charge in [0.05, 0.1) is 0 Å². The highest BCUT2D eigenvalue weighted by Gasteiger charge is 2.37. The molecule has 0 aliphatic carbocycles. The van der Waals surface area contributed by atoms with E-state index in [1.807, 2.05) is 42.5 Å². The monoisotopic (exact) mass is 340 g/mol. The van der Waals surface area contributed by atoms with E-state index in [2.05, 4.69) is 55.1 Å². The van der Waals surface area contributed by atoms with Gasteiger partial charge in [-0.2, -0.15) is 0 Å². The zero-order valence-corrected chi connectivity index (χ0v) is 15.0. The van der Waals surface area contributed by atoms with Crippen molar-refractivity contribution in [3.8, 4) is 0 Å². The highest BCUT2D eigenvalue weighted by Crippen LogP contribution is 2.21. The van der Waals surface area contributed by atoms with E-state index in [-0.39, 0.29) is 0 Å². The van der Waals surface area contributed by atoms with Gasteiger partial charge in [0, 0.05) is 0 Å². The molecular formula is C23H20OSi. The fourth-order valence-corrected chi connectivity index (χ4v) is 6.98. The molecule has 0 saturated heterocycles. The zero-order valence-electron chi connectivity index (χ0n) is 14.0. The van der Waals surface area contributed by atoms with Gasteiger partial charge in [0.1, 0.15) is 0 Å². The van der Waals surface area contributed by atoms with Crippen molar-refractivity contribution in [2.45, 2.75) is 6.04 Å². The Morgan fingerprint density at radius 3 is 1.60 bits per heavy atom. The van der Waals surface area contributed by atoms with E-state index >= 15 is 0 Å². The first-order valence-corrected chi connectivity index (χ1v) is 10.7. The average Bonchev–Trinajstić information content (AvgIpc) is 2.67.